The molecule has 2 aliphatic heterocycles. The molecule has 10 heteroatoms. The Morgan fingerprint density at radius 3 is 2.73 bits per heavy atom. The largest absolute Gasteiger partial charge is 0.453 e. The molecule has 0 aliphatic carbocycles. The Morgan fingerprint density at radius 1 is 1.17 bits per heavy atom. The molecule has 2 heterocycles. The number of sulfonamides is 1. The number of benzene rings is 1. The summed E-state index contributed by atoms with van der Waals surface area (Å²) in [4.78, 5) is 27.8. The van der Waals surface area contributed by atoms with E-state index in [4.69, 9.17) is 4.74 Å². The molecule has 1 atom stereocenters. The van der Waals surface area contributed by atoms with Gasteiger partial charge in [0.2, 0.25) is 5.91 Å². The predicted octanol–water partition coefficient (Wildman–Crippen LogP) is 2.45. The average Bonchev–Trinajstić information content (AvgIpc) is 3.14. The van der Waals surface area contributed by atoms with E-state index in [1.54, 1.807) is 12.1 Å². The molecule has 30 heavy (non-hydrogen) atoms. The molecule has 0 spiro atoms. The first kappa shape index (κ1) is 22.1. The van der Waals surface area contributed by atoms with Gasteiger partial charge in [-0.1, -0.05) is 12.5 Å². The van der Waals surface area contributed by atoms with Crippen molar-refractivity contribution in [2.24, 2.45) is 4.40 Å². The lowest BCUT2D eigenvalue weighted by Gasteiger charge is -2.22. The molecule has 2 saturated heterocycles. The smallest absolute Gasteiger partial charge is 0.410 e. The molecule has 1 aromatic rings. The van der Waals surface area contributed by atoms with Crippen LogP contribution in [0.15, 0.2) is 33.6 Å². The molecule has 3 rings (SSSR count). The Morgan fingerprint density at radius 2 is 1.97 bits per heavy atom. The van der Waals surface area contributed by atoms with Gasteiger partial charge in [0, 0.05) is 32.2 Å². The van der Waals surface area contributed by atoms with Gasteiger partial charge in [-0.2, -0.15) is 8.42 Å². The summed E-state index contributed by atoms with van der Waals surface area (Å²) >= 11 is 0. The normalized spacial score (nSPS) is 21.4. The number of hydrogen-bond donors (Lipinski definition) is 1. The van der Waals surface area contributed by atoms with Crippen molar-refractivity contribution in [1.82, 2.24) is 9.80 Å². The van der Waals surface area contributed by atoms with Crippen molar-refractivity contribution in [2.75, 3.05) is 32.6 Å². The maximum absolute atomic E-state index is 12.8. The zero-order valence-electron chi connectivity index (χ0n) is 17.3. The van der Waals surface area contributed by atoms with Gasteiger partial charge in [0.05, 0.1) is 12.0 Å². The molecule has 0 aromatic heterocycles. The molecule has 1 aromatic carbocycles. The second-order valence-electron chi connectivity index (χ2n) is 7.55. The fourth-order valence-corrected chi connectivity index (χ4v) is 4.91. The molecule has 2 aliphatic rings. The van der Waals surface area contributed by atoms with Crippen LogP contribution < -0.4 is 5.32 Å². The number of nitrogens with zero attached hydrogens (tertiary/aromatic N) is 3. The maximum Gasteiger partial charge on any atom is 0.410 e. The van der Waals surface area contributed by atoms with Gasteiger partial charge in [-0.05, 0) is 43.9 Å². The van der Waals surface area contributed by atoms with Gasteiger partial charge in [-0.25, -0.2) is 4.79 Å². The average molecular weight is 437 g/mol. The van der Waals surface area contributed by atoms with Gasteiger partial charge in [0.25, 0.3) is 10.0 Å². The minimum Gasteiger partial charge on any atom is -0.453 e. The van der Waals surface area contributed by atoms with Crippen molar-refractivity contribution in [3.8, 4) is 0 Å². The lowest BCUT2D eigenvalue weighted by atomic mass is 10.2. The highest BCUT2D eigenvalue weighted by Crippen LogP contribution is 2.23. The van der Waals surface area contributed by atoms with E-state index in [1.807, 2.05) is 11.9 Å². The molecule has 1 unspecified atom stereocenters. The van der Waals surface area contributed by atoms with Gasteiger partial charge in [-0.3, -0.25) is 9.69 Å². The Balaban J connectivity index is 1.77. The van der Waals surface area contributed by atoms with Crippen LogP contribution in [0.1, 0.15) is 38.5 Å². The first-order chi connectivity index (χ1) is 14.3. The highest BCUT2D eigenvalue weighted by Gasteiger charge is 2.34. The number of likely N-dealkylation sites (tertiary alicyclic amines) is 2. The summed E-state index contributed by atoms with van der Waals surface area (Å²) in [6.45, 7) is 1.23. The Bertz CT molecular complexity index is 931. The summed E-state index contributed by atoms with van der Waals surface area (Å²) in [5, 5.41) is 2.72. The first-order valence-corrected chi connectivity index (χ1v) is 11.6. The molecular weight excluding hydrogens is 408 g/mol. The number of hydrogen-bond acceptors (Lipinski definition) is 5. The van der Waals surface area contributed by atoms with E-state index < -0.39 is 22.2 Å². The van der Waals surface area contributed by atoms with Crippen LogP contribution in [-0.4, -0.2) is 69.3 Å². The highest BCUT2D eigenvalue weighted by molar-refractivity contribution is 7.90. The molecular formula is C20H28N4O5S. The summed E-state index contributed by atoms with van der Waals surface area (Å²) in [6.07, 6.45) is 4.28. The second kappa shape index (κ2) is 9.46. The van der Waals surface area contributed by atoms with E-state index in [0.29, 0.717) is 37.3 Å². The molecule has 2 amide bonds. The van der Waals surface area contributed by atoms with Crippen molar-refractivity contribution < 1.29 is 22.7 Å². The minimum absolute atomic E-state index is 0.0155. The van der Waals surface area contributed by atoms with Crippen LogP contribution in [-0.2, 0) is 19.6 Å². The number of ether oxygens (including phenoxy) is 1. The van der Waals surface area contributed by atoms with Crippen molar-refractivity contribution in [1.29, 1.82) is 0 Å². The summed E-state index contributed by atoms with van der Waals surface area (Å²) < 4.78 is 34.5. The summed E-state index contributed by atoms with van der Waals surface area (Å²) in [5.41, 5.74) is 0.340. The summed E-state index contributed by atoms with van der Waals surface area (Å²) in [6, 6.07) is 5.39. The number of amidine groups is 1. The SMILES string of the molecule is COC(=O)N1CCCC1C(=O)Nc1cccc(S(=O)(=O)/N=C2/CCCCCN2C)c1. The van der Waals surface area contributed by atoms with Crippen LogP contribution in [0.5, 0.6) is 0 Å². The zero-order valence-corrected chi connectivity index (χ0v) is 18.2. The fraction of sp³-hybridized carbons (Fsp3) is 0.550. The Kier molecular flexibility index (Phi) is 6.96. The van der Waals surface area contributed by atoms with E-state index >= 15 is 0 Å². The van der Waals surface area contributed by atoms with E-state index in [-0.39, 0.29) is 10.8 Å². The molecule has 0 saturated carbocycles. The number of nitrogens with one attached hydrogen (secondary N) is 1. The molecule has 0 radical (unpaired) electrons. The lowest BCUT2D eigenvalue weighted by Crippen LogP contribution is -2.43. The molecule has 0 bridgehead atoms. The van der Waals surface area contributed by atoms with Gasteiger partial charge >= 0.3 is 6.09 Å². The number of carbonyl (C=O) groups is 2. The van der Waals surface area contributed by atoms with E-state index in [2.05, 4.69) is 9.71 Å². The molecule has 1 N–H and O–H groups in total. The molecule has 2 fully saturated rings. The van der Waals surface area contributed by atoms with Gasteiger partial charge < -0.3 is 15.0 Å². The number of amides is 2. The Labute approximate surface area is 177 Å². The number of carbonyl (C=O) groups excluding carboxylic acids is 2. The maximum atomic E-state index is 12.8. The van der Waals surface area contributed by atoms with Crippen LogP contribution in [0.4, 0.5) is 10.5 Å². The summed E-state index contributed by atoms with van der Waals surface area (Å²) in [7, 11) is -0.777. The van der Waals surface area contributed by atoms with E-state index in [1.165, 1.54) is 24.1 Å². The molecule has 9 nitrogen and oxygen atoms in total. The molecule has 164 valence electrons. The third-order valence-corrected chi connectivity index (χ3v) is 6.72. The monoisotopic (exact) mass is 436 g/mol. The van der Waals surface area contributed by atoms with Crippen LogP contribution in [0.3, 0.4) is 0 Å². The van der Waals surface area contributed by atoms with Crippen molar-refractivity contribution >= 4 is 33.5 Å². The minimum atomic E-state index is -3.90. The van der Waals surface area contributed by atoms with Gasteiger partial charge in [0.1, 0.15) is 11.9 Å². The lowest BCUT2D eigenvalue weighted by molar-refractivity contribution is -0.119. The third-order valence-electron chi connectivity index (χ3n) is 5.42. The van der Waals surface area contributed by atoms with Crippen LogP contribution in [0, 0.1) is 0 Å². The van der Waals surface area contributed by atoms with Crippen molar-refractivity contribution in [3.63, 3.8) is 0 Å². The van der Waals surface area contributed by atoms with Crippen LogP contribution in [0.25, 0.3) is 0 Å². The third kappa shape index (κ3) is 5.10. The fourth-order valence-electron chi connectivity index (χ4n) is 3.77. The number of rotatable bonds is 4. The quantitative estimate of drug-likeness (QED) is 0.777. The van der Waals surface area contributed by atoms with Crippen LogP contribution in [0.2, 0.25) is 0 Å². The second-order valence-corrected chi connectivity index (χ2v) is 9.16. The Hall–Kier alpha value is -2.62. The van der Waals surface area contributed by atoms with Crippen LogP contribution >= 0.6 is 0 Å². The van der Waals surface area contributed by atoms with Gasteiger partial charge in [-0.15, -0.1) is 4.40 Å². The van der Waals surface area contributed by atoms with Crippen molar-refractivity contribution in [2.45, 2.75) is 49.5 Å². The first-order valence-electron chi connectivity index (χ1n) is 10.1. The van der Waals surface area contributed by atoms with E-state index in [0.717, 1.165) is 25.8 Å². The predicted molar refractivity (Wildman–Crippen MR) is 113 cm³/mol. The zero-order chi connectivity index (χ0) is 21.7. The number of methoxy groups -OCH3 is 1. The standard InChI is InChI=1S/C20H28N4O5S/c1-23-12-5-3-4-11-18(23)22-30(27,28)16-9-6-8-15(14-16)21-19(25)17-10-7-13-24(17)20(26)29-2/h6,8-9,14,17H,3-5,7,10-13H2,1-2H3,(H,21,25)/b22-18-. The highest BCUT2D eigenvalue weighted by atomic mass is 32.2. The van der Waals surface area contributed by atoms with E-state index in [9.17, 15) is 18.0 Å². The summed E-state index contributed by atoms with van der Waals surface area (Å²) in [5.74, 6) is 0.184. The number of anilines is 1. The topological polar surface area (TPSA) is 108 Å². The van der Waals surface area contributed by atoms with Crippen molar-refractivity contribution in [3.05, 3.63) is 24.3 Å². The van der Waals surface area contributed by atoms with Gasteiger partial charge in [0.15, 0.2) is 0 Å².